The molecule has 2 rings (SSSR count). The first-order valence-electron chi connectivity index (χ1n) is 4.30. The van der Waals surface area contributed by atoms with E-state index in [1.54, 1.807) is 13.1 Å². The van der Waals surface area contributed by atoms with Crippen LogP contribution >= 0.6 is 0 Å². The molecule has 0 aliphatic heterocycles. The number of benzene rings is 1. The van der Waals surface area contributed by atoms with Gasteiger partial charge in [-0.3, -0.25) is 9.89 Å². The number of phenolic OH excluding ortho intramolecular Hbond substituents is 2. The minimum atomic E-state index is -0.0880. The van der Waals surface area contributed by atoms with Crippen molar-refractivity contribution in [1.82, 2.24) is 10.2 Å². The Morgan fingerprint density at radius 2 is 1.93 bits per heavy atom. The van der Waals surface area contributed by atoms with Gasteiger partial charge >= 0.3 is 0 Å². The summed E-state index contributed by atoms with van der Waals surface area (Å²) in [6.07, 6.45) is 1.54. The summed E-state index contributed by atoms with van der Waals surface area (Å²) in [6.45, 7) is 1.73. The highest BCUT2D eigenvalue weighted by molar-refractivity contribution is 5.37. The lowest BCUT2D eigenvalue weighted by Gasteiger charge is -1.96. The molecule has 0 saturated carbocycles. The number of H-pyrrole nitrogens is 2. The summed E-state index contributed by atoms with van der Waals surface area (Å²) in [6, 6.07) is 5.84. The summed E-state index contributed by atoms with van der Waals surface area (Å²) >= 11 is 0. The highest BCUT2D eigenvalue weighted by Crippen LogP contribution is 2.19. The number of aromatic nitrogens is 2. The SMILES string of the molecule is Cc1cc(O)ccc1O.O=c1cc[nH][nH]1. The predicted molar refractivity (Wildman–Crippen MR) is 55.9 cm³/mol. The van der Waals surface area contributed by atoms with Gasteiger partial charge in [0.1, 0.15) is 11.5 Å². The maximum atomic E-state index is 9.98. The average Bonchev–Trinajstić information content (AvgIpc) is 2.64. The molecular formula is C10H12N2O3. The van der Waals surface area contributed by atoms with Crippen molar-refractivity contribution in [3.8, 4) is 11.5 Å². The van der Waals surface area contributed by atoms with Gasteiger partial charge in [0.05, 0.1) is 0 Å². The molecule has 5 heteroatoms. The van der Waals surface area contributed by atoms with Gasteiger partial charge < -0.3 is 15.3 Å². The number of phenols is 2. The van der Waals surface area contributed by atoms with Crippen LogP contribution < -0.4 is 5.56 Å². The van der Waals surface area contributed by atoms with Crippen molar-refractivity contribution in [2.24, 2.45) is 0 Å². The summed E-state index contributed by atoms with van der Waals surface area (Å²) < 4.78 is 0. The van der Waals surface area contributed by atoms with Crippen LogP contribution in [0.3, 0.4) is 0 Å². The second kappa shape index (κ2) is 4.90. The minimum absolute atomic E-state index is 0.0880. The molecule has 0 bridgehead atoms. The van der Waals surface area contributed by atoms with Gasteiger partial charge in [-0.15, -0.1) is 0 Å². The first kappa shape index (κ1) is 10.9. The number of rotatable bonds is 0. The van der Waals surface area contributed by atoms with Crippen LogP contribution in [-0.2, 0) is 0 Å². The topological polar surface area (TPSA) is 89.1 Å². The minimum Gasteiger partial charge on any atom is -0.508 e. The fourth-order valence-electron chi connectivity index (χ4n) is 0.911. The van der Waals surface area contributed by atoms with E-state index in [0.29, 0.717) is 5.56 Å². The van der Waals surface area contributed by atoms with Gasteiger partial charge in [-0.25, -0.2) is 0 Å². The van der Waals surface area contributed by atoms with Crippen molar-refractivity contribution in [3.63, 3.8) is 0 Å². The lowest BCUT2D eigenvalue weighted by atomic mass is 10.2. The van der Waals surface area contributed by atoms with Crippen LogP contribution in [0, 0.1) is 6.92 Å². The molecule has 0 aliphatic rings. The molecule has 0 spiro atoms. The van der Waals surface area contributed by atoms with Gasteiger partial charge in [-0.2, -0.15) is 0 Å². The van der Waals surface area contributed by atoms with Gasteiger partial charge in [0, 0.05) is 12.3 Å². The predicted octanol–water partition coefficient (Wildman–Crippen LogP) is 1.11. The number of aromatic amines is 2. The van der Waals surface area contributed by atoms with E-state index >= 15 is 0 Å². The molecule has 0 fully saturated rings. The Balaban J connectivity index is 0.000000162. The van der Waals surface area contributed by atoms with E-state index in [4.69, 9.17) is 10.2 Å². The Hall–Kier alpha value is -2.17. The fraction of sp³-hybridized carbons (Fsp3) is 0.100. The molecular weight excluding hydrogens is 196 g/mol. The highest BCUT2D eigenvalue weighted by Gasteiger charge is 1.93. The summed E-state index contributed by atoms with van der Waals surface area (Å²) in [5, 5.41) is 22.6. The van der Waals surface area contributed by atoms with Crippen molar-refractivity contribution in [2.45, 2.75) is 6.92 Å². The van der Waals surface area contributed by atoms with Crippen molar-refractivity contribution in [2.75, 3.05) is 0 Å². The molecule has 80 valence electrons. The van der Waals surface area contributed by atoms with Crippen molar-refractivity contribution in [1.29, 1.82) is 0 Å². The Kier molecular flexibility index (Phi) is 3.56. The van der Waals surface area contributed by atoms with Gasteiger partial charge in [-0.1, -0.05) is 0 Å². The third-order valence-corrected chi connectivity index (χ3v) is 1.69. The van der Waals surface area contributed by atoms with E-state index < -0.39 is 0 Å². The Morgan fingerprint density at radius 1 is 1.20 bits per heavy atom. The fourth-order valence-corrected chi connectivity index (χ4v) is 0.911. The zero-order valence-electron chi connectivity index (χ0n) is 8.19. The quantitative estimate of drug-likeness (QED) is 0.489. The Morgan fingerprint density at radius 3 is 2.27 bits per heavy atom. The standard InChI is InChI=1S/C7H8O2.C3H4N2O/c1-5-4-6(8)2-3-7(5)9;6-3-1-2-4-5-3/h2-4,8-9H,1H3;1-2H,(H2,4,5,6). The van der Waals surface area contributed by atoms with Crippen LogP contribution in [0.2, 0.25) is 0 Å². The maximum Gasteiger partial charge on any atom is 0.263 e. The lowest BCUT2D eigenvalue weighted by molar-refractivity contribution is 0.456. The third kappa shape index (κ3) is 3.60. The second-order valence-electron chi connectivity index (χ2n) is 2.94. The molecule has 1 heterocycles. The van der Waals surface area contributed by atoms with Crippen LogP contribution in [-0.4, -0.2) is 20.4 Å². The monoisotopic (exact) mass is 208 g/mol. The maximum absolute atomic E-state index is 9.98. The smallest absolute Gasteiger partial charge is 0.263 e. The largest absolute Gasteiger partial charge is 0.508 e. The Labute approximate surface area is 86.0 Å². The van der Waals surface area contributed by atoms with Crippen molar-refractivity contribution < 1.29 is 10.2 Å². The molecule has 0 amide bonds. The molecule has 5 nitrogen and oxygen atoms in total. The van der Waals surface area contributed by atoms with Crippen molar-refractivity contribution >= 4 is 0 Å². The summed E-state index contributed by atoms with van der Waals surface area (Å²) in [4.78, 5) is 9.98. The van der Waals surface area contributed by atoms with E-state index in [-0.39, 0.29) is 17.1 Å². The van der Waals surface area contributed by atoms with Gasteiger partial charge in [-0.05, 0) is 30.7 Å². The summed E-state index contributed by atoms with van der Waals surface area (Å²) in [5.74, 6) is 0.401. The van der Waals surface area contributed by atoms with Crippen LogP contribution in [0.5, 0.6) is 11.5 Å². The summed E-state index contributed by atoms with van der Waals surface area (Å²) in [5.41, 5.74) is 0.602. The zero-order valence-corrected chi connectivity index (χ0v) is 8.19. The molecule has 0 unspecified atom stereocenters. The molecule has 15 heavy (non-hydrogen) atoms. The normalized spacial score (nSPS) is 9.13. The van der Waals surface area contributed by atoms with E-state index in [1.165, 1.54) is 24.3 Å². The van der Waals surface area contributed by atoms with E-state index in [2.05, 4.69) is 10.2 Å². The molecule has 0 saturated heterocycles. The van der Waals surface area contributed by atoms with Gasteiger partial charge in [0.15, 0.2) is 0 Å². The van der Waals surface area contributed by atoms with Crippen LogP contribution in [0.15, 0.2) is 35.3 Å². The highest BCUT2D eigenvalue weighted by atomic mass is 16.3. The number of hydrogen-bond donors (Lipinski definition) is 4. The second-order valence-corrected chi connectivity index (χ2v) is 2.94. The van der Waals surface area contributed by atoms with Crippen LogP contribution in [0.4, 0.5) is 0 Å². The van der Waals surface area contributed by atoms with Crippen molar-refractivity contribution in [3.05, 3.63) is 46.4 Å². The first-order chi connectivity index (χ1) is 7.09. The molecule has 1 aromatic carbocycles. The van der Waals surface area contributed by atoms with Crippen LogP contribution in [0.1, 0.15) is 5.56 Å². The lowest BCUT2D eigenvalue weighted by Crippen LogP contribution is -1.93. The van der Waals surface area contributed by atoms with E-state index in [0.717, 1.165) is 0 Å². The van der Waals surface area contributed by atoms with Crippen LogP contribution in [0.25, 0.3) is 0 Å². The first-order valence-corrected chi connectivity index (χ1v) is 4.30. The number of aromatic hydroxyl groups is 2. The summed E-state index contributed by atoms with van der Waals surface area (Å²) in [7, 11) is 0. The zero-order chi connectivity index (χ0) is 11.3. The molecule has 0 radical (unpaired) electrons. The number of nitrogens with one attached hydrogen (secondary N) is 2. The number of hydrogen-bond acceptors (Lipinski definition) is 3. The molecule has 4 N–H and O–H groups in total. The van der Waals surface area contributed by atoms with Gasteiger partial charge in [0.25, 0.3) is 5.56 Å². The molecule has 1 aromatic heterocycles. The average molecular weight is 208 g/mol. The number of aryl methyl sites for hydroxylation is 1. The Bertz CT molecular complexity index is 457. The van der Waals surface area contributed by atoms with E-state index in [9.17, 15) is 4.79 Å². The molecule has 0 atom stereocenters. The van der Waals surface area contributed by atoms with Gasteiger partial charge in [0.2, 0.25) is 0 Å². The van der Waals surface area contributed by atoms with E-state index in [1.807, 2.05) is 0 Å². The third-order valence-electron chi connectivity index (χ3n) is 1.69. The molecule has 0 aliphatic carbocycles. The molecule has 2 aromatic rings.